The van der Waals surface area contributed by atoms with Crippen LogP contribution in [-0.2, 0) is 0 Å². The second kappa shape index (κ2) is 2.58. The summed E-state index contributed by atoms with van der Waals surface area (Å²) in [5, 5.41) is 9.97. The number of fused-ring (bicyclic) bond motifs is 1. The van der Waals surface area contributed by atoms with E-state index in [0.29, 0.717) is 11.0 Å². The highest BCUT2D eigenvalue weighted by molar-refractivity contribution is 6.00. The molecular weight excluding hydrogens is 170 g/mol. The Labute approximate surface area is 73.8 Å². The number of hydrogen-bond acceptors (Lipinski definition) is 4. The fourth-order valence-electron chi connectivity index (χ4n) is 1.17. The molecule has 0 fully saturated rings. The minimum Gasteiger partial charge on any atom is -0.504 e. The molecule has 0 radical (unpaired) electrons. The van der Waals surface area contributed by atoms with E-state index in [1.165, 1.54) is 19.3 Å². The van der Waals surface area contributed by atoms with E-state index in [1.54, 1.807) is 6.07 Å². The van der Waals surface area contributed by atoms with Crippen molar-refractivity contribution in [2.75, 3.05) is 0 Å². The predicted molar refractivity (Wildman–Crippen MR) is 45.7 cm³/mol. The van der Waals surface area contributed by atoms with Crippen LogP contribution in [0.3, 0.4) is 0 Å². The van der Waals surface area contributed by atoms with Crippen LogP contribution in [0.15, 0.2) is 22.9 Å². The standard InChI is InChI=1S/C9H7NO3/c1-5(11)9-8(12)6-4-10-3-2-7(6)13-9/h2-4,12H,1H3. The Morgan fingerprint density at radius 1 is 1.62 bits per heavy atom. The largest absolute Gasteiger partial charge is 0.504 e. The minimum atomic E-state index is -0.297. The minimum absolute atomic E-state index is 0.0111. The summed E-state index contributed by atoms with van der Waals surface area (Å²) in [6, 6.07) is 1.60. The lowest BCUT2D eigenvalue weighted by Crippen LogP contribution is -1.87. The summed E-state index contributed by atoms with van der Waals surface area (Å²) < 4.78 is 5.12. The van der Waals surface area contributed by atoms with Gasteiger partial charge in [0.15, 0.2) is 11.5 Å². The highest BCUT2D eigenvalue weighted by atomic mass is 16.4. The molecule has 0 saturated heterocycles. The summed E-state index contributed by atoms with van der Waals surface area (Å²) in [6.07, 6.45) is 3.00. The van der Waals surface area contributed by atoms with Gasteiger partial charge in [-0.15, -0.1) is 0 Å². The number of Topliss-reactive ketones (excluding diaryl/α,β-unsaturated/α-hetero) is 1. The predicted octanol–water partition coefficient (Wildman–Crippen LogP) is 1.74. The number of hydrogen-bond donors (Lipinski definition) is 1. The van der Waals surface area contributed by atoms with Crippen molar-refractivity contribution in [2.45, 2.75) is 6.92 Å². The smallest absolute Gasteiger partial charge is 0.212 e. The van der Waals surface area contributed by atoms with Crippen LogP contribution in [0.25, 0.3) is 11.0 Å². The first-order chi connectivity index (χ1) is 6.20. The van der Waals surface area contributed by atoms with E-state index in [9.17, 15) is 9.90 Å². The molecule has 1 N–H and O–H groups in total. The van der Waals surface area contributed by atoms with Crippen molar-refractivity contribution in [3.05, 3.63) is 24.2 Å². The van der Waals surface area contributed by atoms with Gasteiger partial charge >= 0.3 is 0 Å². The molecule has 4 nitrogen and oxygen atoms in total. The van der Waals surface area contributed by atoms with Gasteiger partial charge < -0.3 is 9.52 Å². The van der Waals surface area contributed by atoms with Crippen LogP contribution in [0.2, 0.25) is 0 Å². The number of aromatic nitrogens is 1. The van der Waals surface area contributed by atoms with Gasteiger partial charge in [-0.05, 0) is 6.07 Å². The van der Waals surface area contributed by atoms with E-state index in [0.717, 1.165) is 0 Å². The average Bonchev–Trinajstić information content (AvgIpc) is 2.45. The number of rotatable bonds is 1. The molecule has 0 aromatic carbocycles. The number of ketones is 1. The topological polar surface area (TPSA) is 63.3 Å². The summed E-state index contributed by atoms with van der Waals surface area (Å²) >= 11 is 0. The Hall–Kier alpha value is -1.84. The molecule has 0 amide bonds. The number of carbonyl (C=O) groups is 1. The Balaban J connectivity index is 2.81. The van der Waals surface area contributed by atoms with Crippen LogP contribution >= 0.6 is 0 Å². The van der Waals surface area contributed by atoms with Crippen LogP contribution in [0.4, 0.5) is 0 Å². The second-order valence-electron chi connectivity index (χ2n) is 2.71. The summed E-state index contributed by atoms with van der Waals surface area (Å²) in [5.41, 5.74) is 0.470. The molecule has 2 aromatic heterocycles. The monoisotopic (exact) mass is 177 g/mol. The maximum atomic E-state index is 11.0. The molecule has 0 bridgehead atoms. The lowest BCUT2D eigenvalue weighted by atomic mass is 10.2. The summed E-state index contributed by atoms with van der Waals surface area (Å²) in [7, 11) is 0. The Kier molecular flexibility index (Phi) is 1.55. The maximum Gasteiger partial charge on any atom is 0.212 e. The third kappa shape index (κ3) is 1.07. The molecule has 2 heterocycles. The average molecular weight is 177 g/mol. The SMILES string of the molecule is CC(=O)c1oc2ccncc2c1O. The lowest BCUT2D eigenvalue weighted by molar-refractivity contribution is 0.0985. The molecule has 0 aliphatic rings. The van der Waals surface area contributed by atoms with Crippen LogP contribution in [0.5, 0.6) is 5.75 Å². The van der Waals surface area contributed by atoms with Crippen LogP contribution in [0, 0.1) is 0 Å². The van der Waals surface area contributed by atoms with E-state index in [4.69, 9.17) is 4.42 Å². The number of pyridine rings is 1. The van der Waals surface area contributed by atoms with Crippen molar-refractivity contribution >= 4 is 16.8 Å². The summed E-state index contributed by atoms with van der Waals surface area (Å²) in [6.45, 7) is 1.34. The molecule has 2 rings (SSSR count). The molecule has 13 heavy (non-hydrogen) atoms. The van der Waals surface area contributed by atoms with E-state index in [1.807, 2.05) is 0 Å². The Morgan fingerprint density at radius 2 is 2.38 bits per heavy atom. The molecule has 0 aliphatic carbocycles. The van der Waals surface area contributed by atoms with E-state index in [-0.39, 0.29) is 17.3 Å². The Morgan fingerprint density at radius 3 is 3.00 bits per heavy atom. The van der Waals surface area contributed by atoms with Crippen molar-refractivity contribution in [3.63, 3.8) is 0 Å². The summed E-state index contributed by atoms with van der Waals surface area (Å²) in [5.74, 6) is -0.438. The van der Waals surface area contributed by atoms with E-state index in [2.05, 4.69) is 4.98 Å². The fourth-order valence-corrected chi connectivity index (χ4v) is 1.17. The fraction of sp³-hybridized carbons (Fsp3) is 0.111. The Bertz CT molecular complexity index is 473. The molecule has 0 aliphatic heterocycles. The van der Waals surface area contributed by atoms with Crippen molar-refractivity contribution < 1.29 is 14.3 Å². The zero-order chi connectivity index (χ0) is 9.42. The summed E-state index contributed by atoms with van der Waals surface area (Å²) in [4.78, 5) is 14.8. The van der Waals surface area contributed by atoms with Crippen molar-refractivity contribution in [3.8, 4) is 5.75 Å². The number of carbonyl (C=O) groups excluding carboxylic acids is 1. The molecule has 0 spiro atoms. The number of nitrogens with zero attached hydrogens (tertiary/aromatic N) is 1. The van der Waals surface area contributed by atoms with Gasteiger partial charge in [0, 0.05) is 19.3 Å². The van der Waals surface area contributed by atoms with Gasteiger partial charge in [-0.2, -0.15) is 0 Å². The van der Waals surface area contributed by atoms with Crippen molar-refractivity contribution in [1.82, 2.24) is 4.98 Å². The molecule has 66 valence electrons. The molecular formula is C9H7NO3. The quantitative estimate of drug-likeness (QED) is 0.674. The van der Waals surface area contributed by atoms with Crippen LogP contribution in [0.1, 0.15) is 17.5 Å². The van der Waals surface area contributed by atoms with Crippen molar-refractivity contribution in [1.29, 1.82) is 0 Å². The van der Waals surface area contributed by atoms with Crippen molar-refractivity contribution in [2.24, 2.45) is 0 Å². The second-order valence-corrected chi connectivity index (χ2v) is 2.71. The maximum absolute atomic E-state index is 11.0. The van der Waals surface area contributed by atoms with Crippen LogP contribution in [-0.4, -0.2) is 15.9 Å². The molecule has 0 saturated carbocycles. The van der Waals surface area contributed by atoms with Gasteiger partial charge in [-0.1, -0.05) is 0 Å². The van der Waals surface area contributed by atoms with Gasteiger partial charge in [0.1, 0.15) is 5.58 Å². The van der Waals surface area contributed by atoms with Crippen LogP contribution < -0.4 is 0 Å². The molecule has 4 heteroatoms. The van der Waals surface area contributed by atoms with E-state index >= 15 is 0 Å². The van der Waals surface area contributed by atoms with Gasteiger partial charge in [0.2, 0.25) is 5.76 Å². The third-order valence-electron chi connectivity index (χ3n) is 1.78. The lowest BCUT2D eigenvalue weighted by Gasteiger charge is -1.87. The number of aromatic hydroxyl groups is 1. The molecule has 0 unspecified atom stereocenters. The zero-order valence-corrected chi connectivity index (χ0v) is 6.94. The molecule has 2 aromatic rings. The zero-order valence-electron chi connectivity index (χ0n) is 6.94. The van der Waals surface area contributed by atoms with Gasteiger partial charge in [-0.25, -0.2) is 0 Å². The number of furan rings is 1. The first kappa shape index (κ1) is 7.79. The van der Waals surface area contributed by atoms with Gasteiger partial charge in [-0.3, -0.25) is 9.78 Å². The van der Waals surface area contributed by atoms with E-state index < -0.39 is 0 Å². The highest BCUT2D eigenvalue weighted by Gasteiger charge is 2.16. The molecule has 0 atom stereocenters. The first-order valence-electron chi connectivity index (χ1n) is 3.76. The normalized spacial score (nSPS) is 10.5. The first-order valence-corrected chi connectivity index (χ1v) is 3.76. The van der Waals surface area contributed by atoms with Gasteiger partial charge in [0.25, 0.3) is 0 Å². The van der Waals surface area contributed by atoms with Gasteiger partial charge in [0.05, 0.1) is 5.39 Å². The highest BCUT2D eigenvalue weighted by Crippen LogP contribution is 2.30. The third-order valence-corrected chi connectivity index (χ3v) is 1.78.